The summed E-state index contributed by atoms with van der Waals surface area (Å²) in [6.07, 6.45) is 1.89. The molecule has 0 aliphatic carbocycles. The molecule has 154 valence electrons. The molecule has 1 unspecified atom stereocenters. The molecule has 2 aromatic rings. The van der Waals surface area contributed by atoms with Crippen molar-refractivity contribution in [2.75, 3.05) is 11.9 Å². The van der Waals surface area contributed by atoms with E-state index in [1.54, 1.807) is 43.3 Å². The van der Waals surface area contributed by atoms with Crippen molar-refractivity contribution in [2.24, 2.45) is 0 Å². The van der Waals surface area contributed by atoms with Gasteiger partial charge >= 0.3 is 5.97 Å². The lowest BCUT2D eigenvalue weighted by Gasteiger charge is -2.19. The van der Waals surface area contributed by atoms with Crippen molar-refractivity contribution < 1.29 is 19.1 Å². The molecule has 0 fully saturated rings. The van der Waals surface area contributed by atoms with Gasteiger partial charge in [0.1, 0.15) is 6.04 Å². The summed E-state index contributed by atoms with van der Waals surface area (Å²) >= 11 is 3.37. The summed E-state index contributed by atoms with van der Waals surface area (Å²) in [5, 5.41) is 5.64. The molecule has 0 radical (unpaired) electrons. The molecular formula is C22H25BrN2O4. The summed E-state index contributed by atoms with van der Waals surface area (Å²) in [4.78, 5) is 36.8. The van der Waals surface area contributed by atoms with Gasteiger partial charge in [0.05, 0.1) is 6.61 Å². The number of anilines is 1. The van der Waals surface area contributed by atoms with E-state index in [9.17, 15) is 14.4 Å². The molecule has 0 aliphatic heterocycles. The number of nitrogens with one attached hydrogen (secondary N) is 2. The molecule has 2 N–H and O–H groups in total. The molecule has 6 nitrogen and oxygen atoms in total. The van der Waals surface area contributed by atoms with E-state index in [2.05, 4.69) is 26.6 Å². The Morgan fingerprint density at radius 3 is 2.48 bits per heavy atom. The molecule has 2 amide bonds. The zero-order valence-electron chi connectivity index (χ0n) is 16.3. The van der Waals surface area contributed by atoms with Gasteiger partial charge in [0.25, 0.3) is 5.91 Å². The third-order valence-corrected chi connectivity index (χ3v) is 4.67. The van der Waals surface area contributed by atoms with Crippen LogP contribution < -0.4 is 10.6 Å². The number of benzene rings is 2. The van der Waals surface area contributed by atoms with Crippen LogP contribution in [0.2, 0.25) is 0 Å². The molecule has 0 saturated heterocycles. The lowest BCUT2D eigenvalue weighted by molar-refractivity contribution is -0.143. The molecule has 7 heteroatoms. The minimum atomic E-state index is -0.719. The van der Waals surface area contributed by atoms with E-state index in [1.807, 2.05) is 18.2 Å². The Morgan fingerprint density at radius 1 is 1.03 bits per heavy atom. The van der Waals surface area contributed by atoms with Gasteiger partial charge < -0.3 is 15.4 Å². The van der Waals surface area contributed by atoms with Gasteiger partial charge in [0, 0.05) is 22.1 Å². The number of rotatable bonds is 10. The number of carbonyl (C=O) groups is 3. The maximum Gasteiger partial charge on any atom is 0.305 e. The van der Waals surface area contributed by atoms with E-state index in [4.69, 9.17) is 4.74 Å². The normalized spacial score (nSPS) is 11.4. The molecule has 1 atom stereocenters. The lowest BCUT2D eigenvalue weighted by Crippen LogP contribution is -2.43. The zero-order valence-corrected chi connectivity index (χ0v) is 17.9. The van der Waals surface area contributed by atoms with Crippen molar-refractivity contribution in [3.63, 3.8) is 0 Å². The van der Waals surface area contributed by atoms with Crippen molar-refractivity contribution >= 4 is 39.4 Å². The zero-order chi connectivity index (χ0) is 21.1. The van der Waals surface area contributed by atoms with Crippen molar-refractivity contribution in [2.45, 2.75) is 38.6 Å². The number of esters is 1. The first-order chi connectivity index (χ1) is 14.0. The van der Waals surface area contributed by atoms with Gasteiger partial charge in [-0.3, -0.25) is 14.4 Å². The maximum atomic E-state index is 12.8. The van der Waals surface area contributed by atoms with E-state index in [1.165, 1.54) is 0 Å². The van der Waals surface area contributed by atoms with Crippen LogP contribution in [0, 0.1) is 0 Å². The molecule has 0 heterocycles. The second-order valence-electron chi connectivity index (χ2n) is 6.44. The Kier molecular flexibility index (Phi) is 9.37. The predicted molar refractivity (Wildman–Crippen MR) is 116 cm³/mol. The monoisotopic (exact) mass is 460 g/mol. The standard InChI is InChI=1S/C22H25BrN2O4/c1-2-29-20(26)14-7-6-13-19(25-21(27)16-9-4-3-5-10-16)22(28)24-18-12-8-11-17(23)15-18/h3-5,8-12,15,19H,2,6-7,13-14H2,1H3,(H,24,28)(H,25,27). The molecule has 2 rings (SSSR count). The first-order valence-electron chi connectivity index (χ1n) is 9.57. The molecule has 0 spiro atoms. The molecule has 29 heavy (non-hydrogen) atoms. The highest BCUT2D eigenvalue weighted by atomic mass is 79.9. The molecule has 2 aromatic carbocycles. The highest BCUT2D eigenvalue weighted by molar-refractivity contribution is 9.10. The van der Waals surface area contributed by atoms with E-state index < -0.39 is 6.04 Å². The van der Waals surface area contributed by atoms with Crippen LogP contribution in [0.25, 0.3) is 0 Å². The number of amides is 2. The van der Waals surface area contributed by atoms with Crippen LogP contribution in [0.1, 0.15) is 43.0 Å². The summed E-state index contributed by atoms with van der Waals surface area (Å²) in [6.45, 7) is 2.11. The predicted octanol–water partition coefficient (Wildman–Crippen LogP) is 4.31. The van der Waals surface area contributed by atoms with Crippen LogP contribution in [-0.4, -0.2) is 30.4 Å². The van der Waals surface area contributed by atoms with E-state index in [0.717, 1.165) is 4.47 Å². The van der Waals surface area contributed by atoms with Crippen molar-refractivity contribution in [1.82, 2.24) is 5.32 Å². The second kappa shape index (κ2) is 12.0. The quantitative estimate of drug-likeness (QED) is 0.408. The number of hydrogen-bond donors (Lipinski definition) is 2. The molecule has 0 bridgehead atoms. The topological polar surface area (TPSA) is 84.5 Å². The van der Waals surface area contributed by atoms with Crippen LogP contribution in [0.3, 0.4) is 0 Å². The molecular weight excluding hydrogens is 436 g/mol. The van der Waals surface area contributed by atoms with Crippen molar-refractivity contribution in [1.29, 1.82) is 0 Å². The van der Waals surface area contributed by atoms with Crippen LogP contribution in [-0.2, 0) is 14.3 Å². The van der Waals surface area contributed by atoms with Gasteiger partial charge in [-0.1, -0.05) is 46.6 Å². The summed E-state index contributed by atoms with van der Waals surface area (Å²) in [6, 6.07) is 15.3. The third-order valence-electron chi connectivity index (χ3n) is 4.18. The SMILES string of the molecule is CCOC(=O)CCCCC(NC(=O)c1ccccc1)C(=O)Nc1cccc(Br)c1. The fourth-order valence-electron chi connectivity index (χ4n) is 2.75. The Morgan fingerprint density at radius 2 is 1.79 bits per heavy atom. The Hall–Kier alpha value is -2.67. The van der Waals surface area contributed by atoms with Crippen LogP contribution in [0.15, 0.2) is 59.1 Å². The highest BCUT2D eigenvalue weighted by Gasteiger charge is 2.21. The summed E-state index contributed by atoms with van der Waals surface area (Å²) in [5.74, 6) is -0.871. The van der Waals surface area contributed by atoms with E-state index in [-0.39, 0.29) is 17.8 Å². The van der Waals surface area contributed by atoms with Crippen molar-refractivity contribution in [3.05, 3.63) is 64.6 Å². The van der Waals surface area contributed by atoms with Gasteiger partial charge in [0.2, 0.25) is 5.91 Å². The smallest absolute Gasteiger partial charge is 0.305 e. The highest BCUT2D eigenvalue weighted by Crippen LogP contribution is 2.16. The molecule has 0 aliphatic rings. The van der Waals surface area contributed by atoms with Crippen LogP contribution in [0.4, 0.5) is 5.69 Å². The number of unbranched alkanes of at least 4 members (excludes halogenated alkanes) is 1. The van der Waals surface area contributed by atoms with Gasteiger partial charge in [-0.15, -0.1) is 0 Å². The third kappa shape index (κ3) is 8.07. The second-order valence-corrected chi connectivity index (χ2v) is 7.36. The Balaban J connectivity index is 2.00. The fourth-order valence-corrected chi connectivity index (χ4v) is 3.15. The molecule has 0 saturated carbocycles. The summed E-state index contributed by atoms with van der Waals surface area (Å²) < 4.78 is 5.76. The summed E-state index contributed by atoms with van der Waals surface area (Å²) in [5.41, 5.74) is 1.12. The number of halogens is 1. The maximum absolute atomic E-state index is 12.8. The van der Waals surface area contributed by atoms with Gasteiger partial charge in [-0.2, -0.15) is 0 Å². The number of hydrogen-bond acceptors (Lipinski definition) is 4. The van der Waals surface area contributed by atoms with Gasteiger partial charge in [-0.05, 0) is 50.1 Å². The fraction of sp³-hybridized carbons (Fsp3) is 0.318. The van der Waals surface area contributed by atoms with Gasteiger partial charge in [0.15, 0.2) is 0 Å². The van der Waals surface area contributed by atoms with Crippen molar-refractivity contribution in [3.8, 4) is 0 Å². The van der Waals surface area contributed by atoms with E-state index >= 15 is 0 Å². The average molecular weight is 461 g/mol. The minimum Gasteiger partial charge on any atom is -0.466 e. The first kappa shape index (κ1) is 22.6. The largest absolute Gasteiger partial charge is 0.466 e. The van der Waals surface area contributed by atoms with Crippen LogP contribution in [0.5, 0.6) is 0 Å². The average Bonchev–Trinajstić information content (AvgIpc) is 2.71. The number of ether oxygens (including phenoxy) is 1. The minimum absolute atomic E-state index is 0.254. The lowest BCUT2D eigenvalue weighted by atomic mass is 10.1. The number of carbonyl (C=O) groups excluding carboxylic acids is 3. The van der Waals surface area contributed by atoms with Gasteiger partial charge in [-0.25, -0.2) is 0 Å². The summed E-state index contributed by atoms with van der Waals surface area (Å²) in [7, 11) is 0. The molecule has 0 aromatic heterocycles. The Bertz CT molecular complexity index is 827. The first-order valence-corrected chi connectivity index (χ1v) is 10.4. The Labute approximate surface area is 179 Å². The van der Waals surface area contributed by atoms with E-state index in [0.29, 0.717) is 43.5 Å². The van der Waals surface area contributed by atoms with Crippen LogP contribution >= 0.6 is 15.9 Å².